The zero-order valence-electron chi connectivity index (χ0n) is 8.75. The van der Waals surface area contributed by atoms with Gasteiger partial charge in [0.15, 0.2) is 0 Å². The Labute approximate surface area is 84.3 Å². The second kappa shape index (κ2) is 3.92. The van der Waals surface area contributed by atoms with E-state index >= 15 is 0 Å². The molecule has 0 atom stereocenters. The smallest absolute Gasteiger partial charge is 0.146 e. The first-order chi connectivity index (χ1) is 6.75. The quantitative estimate of drug-likeness (QED) is 0.726. The van der Waals surface area contributed by atoms with Crippen molar-refractivity contribution in [2.75, 3.05) is 18.1 Å². The van der Waals surface area contributed by atoms with Gasteiger partial charge in [-0.1, -0.05) is 0 Å². The first-order valence-electron chi connectivity index (χ1n) is 5.09. The van der Waals surface area contributed by atoms with Crippen LogP contribution in [0.15, 0.2) is 6.07 Å². The fourth-order valence-electron chi connectivity index (χ4n) is 1.72. The van der Waals surface area contributed by atoms with Gasteiger partial charge in [0, 0.05) is 24.8 Å². The van der Waals surface area contributed by atoms with E-state index in [0.717, 1.165) is 30.4 Å². The molecule has 0 radical (unpaired) electrons. The summed E-state index contributed by atoms with van der Waals surface area (Å²) in [5, 5.41) is 2.12. The highest BCUT2D eigenvalue weighted by molar-refractivity contribution is 5.38. The van der Waals surface area contributed by atoms with Crippen molar-refractivity contribution in [3.05, 3.63) is 17.6 Å². The molecule has 0 bridgehead atoms. The lowest BCUT2D eigenvalue weighted by molar-refractivity contribution is 0.506. The second-order valence-corrected chi connectivity index (χ2v) is 3.68. The minimum Gasteiger partial charge on any atom is -0.292 e. The Balaban J connectivity index is 2.21. The fraction of sp³-hybridized carbons (Fsp3) is 0.600. The summed E-state index contributed by atoms with van der Waals surface area (Å²) in [6, 6.07) is 2.02. The highest BCUT2D eigenvalue weighted by atomic mass is 15.5. The van der Waals surface area contributed by atoms with Gasteiger partial charge in [-0.25, -0.2) is 15.4 Å². The van der Waals surface area contributed by atoms with Gasteiger partial charge in [-0.2, -0.15) is 0 Å². The van der Waals surface area contributed by atoms with Crippen LogP contribution < -0.4 is 10.4 Å². The second-order valence-electron chi connectivity index (χ2n) is 3.68. The van der Waals surface area contributed by atoms with Crippen molar-refractivity contribution in [3.63, 3.8) is 0 Å². The monoisotopic (exact) mass is 192 g/mol. The lowest BCUT2D eigenvalue weighted by atomic mass is 10.2. The molecule has 1 aliphatic heterocycles. The highest BCUT2D eigenvalue weighted by Crippen LogP contribution is 2.13. The largest absolute Gasteiger partial charge is 0.292 e. The first-order valence-corrected chi connectivity index (χ1v) is 5.09. The van der Waals surface area contributed by atoms with Gasteiger partial charge in [-0.05, 0) is 26.7 Å². The van der Waals surface area contributed by atoms with Crippen molar-refractivity contribution in [2.45, 2.75) is 26.7 Å². The van der Waals surface area contributed by atoms with E-state index in [1.165, 1.54) is 12.8 Å². The Kier molecular flexibility index (Phi) is 2.63. The summed E-state index contributed by atoms with van der Waals surface area (Å²) in [4.78, 5) is 8.67. The summed E-state index contributed by atoms with van der Waals surface area (Å²) in [5.74, 6) is 1.84. The molecule has 1 aromatic rings. The number of aromatic nitrogens is 2. The lowest BCUT2D eigenvalue weighted by Crippen LogP contribution is -2.43. The third-order valence-electron chi connectivity index (χ3n) is 2.34. The average Bonchev–Trinajstić information content (AvgIpc) is 2.18. The topological polar surface area (TPSA) is 41.0 Å². The molecule has 0 aliphatic carbocycles. The minimum absolute atomic E-state index is 0.840. The number of rotatable bonds is 1. The van der Waals surface area contributed by atoms with Crippen molar-refractivity contribution >= 4 is 5.82 Å². The molecule has 0 spiro atoms. The molecule has 4 heteroatoms. The van der Waals surface area contributed by atoms with E-state index in [1.54, 1.807) is 0 Å². The molecular weight excluding hydrogens is 176 g/mol. The standard InChI is InChI=1S/C10H16N4/c1-8-7-10(13-9(2)12-8)14-6-4-3-5-11-14/h7,11H,3-6H2,1-2H3. The summed E-state index contributed by atoms with van der Waals surface area (Å²) in [7, 11) is 0. The summed E-state index contributed by atoms with van der Waals surface area (Å²) >= 11 is 0. The fourth-order valence-corrected chi connectivity index (χ4v) is 1.72. The minimum atomic E-state index is 0.840. The molecule has 0 unspecified atom stereocenters. The van der Waals surface area contributed by atoms with Crippen LogP contribution in [0.1, 0.15) is 24.4 Å². The number of nitrogens with one attached hydrogen (secondary N) is 1. The van der Waals surface area contributed by atoms with Crippen molar-refractivity contribution in [1.29, 1.82) is 0 Å². The summed E-state index contributed by atoms with van der Waals surface area (Å²) in [6.07, 6.45) is 2.48. The summed E-state index contributed by atoms with van der Waals surface area (Å²) in [5.41, 5.74) is 4.36. The maximum atomic E-state index is 4.41. The van der Waals surface area contributed by atoms with E-state index in [1.807, 2.05) is 19.9 Å². The molecule has 2 rings (SSSR count). The number of aryl methyl sites for hydroxylation is 2. The lowest BCUT2D eigenvalue weighted by Gasteiger charge is -2.28. The Hall–Kier alpha value is -1.16. The highest BCUT2D eigenvalue weighted by Gasteiger charge is 2.12. The van der Waals surface area contributed by atoms with E-state index in [0.29, 0.717) is 0 Å². The molecule has 1 N–H and O–H groups in total. The van der Waals surface area contributed by atoms with Crippen molar-refractivity contribution in [2.24, 2.45) is 0 Å². The van der Waals surface area contributed by atoms with Crippen LogP contribution in [0, 0.1) is 13.8 Å². The van der Waals surface area contributed by atoms with Crippen LogP contribution in [0.2, 0.25) is 0 Å². The van der Waals surface area contributed by atoms with E-state index in [2.05, 4.69) is 20.4 Å². The van der Waals surface area contributed by atoms with Crippen molar-refractivity contribution in [3.8, 4) is 0 Å². The number of hydrogen-bond acceptors (Lipinski definition) is 4. The third-order valence-corrected chi connectivity index (χ3v) is 2.34. The molecule has 1 saturated heterocycles. The van der Waals surface area contributed by atoms with Crippen LogP contribution in [-0.2, 0) is 0 Å². The Morgan fingerprint density at radius 2 is 2.14 bits per heavy atom. The number of nitrogens with zero attached hydrogens (tertiary/aromatic N) is 3. The first kappa shape index (κ1) is 9.40. The molecule has 0 saturated carbocycles. The van der Waals surface area contributed by atoms with Gasteiger partial charge in [-0.15, -0.1) is 0 Å². The van der Waals surface area contributed by atoms with Gasteiger partial charge in [0.25, 0.3) is 0 Å². The SMILES string of the molecule is Cc1cc(N2CCCCN2)nc(C)n1. The number of anilines is 1. The molecule has 0 aromatic carbocycles. The van der Waals surface area contributed by atoms with Crippen LogP contribution in [-0.4, -0.2) is 23.1 Å². The molecule has 1 aromatic heterocycles. The molecule has 1 fully saturated rings. The van der Waals surface area contributed by atoms with E-state index in [9.17, 15) is 0 Å². The van der Waals surface area contributed by atoms with Gasteiger partial charge in [0.05, 0.1) is 0 Å². The van der Waals surface area contributed by atoms with Crippen LogP contribution >= 0.6 is 0 Å². The van der Waals surface area contributed by atoms with Gasteiger partial charge in [0.2, 0.25) is 0 Å². The molecule has 2 heterocycles. The number of hydrazine groups is 1. The molecule has 14 heavy (non-hydrogen) atoms. The maximum Gasteiger partial charge on any atom is 0.146 e. The van der Waals surface area contributed by atoms with Crippen molar-refractivity contribution in [1.82, 2.24) is 15.4 Å². The Morgan fingerprint density at radius 1 is 1.29 bits per heavy atom. The van der Waals surface area contributed by atoms with E-state index in [4.69, 9.17) is 0 Å². The zero-order chi connectivity index (χ0) is 9.97. The zero-order valence-corrected chi connectivity index (χ0v) is 8.75. The Bertz CT molecular complexity index is 298. The van der Waals surface area contributed by atoms with Crippen LogP contribution in [0.4, 0.5) is 5.82 Å². The van der Waals surface area contributed by atoms with Gasteiger partial charge < -0.3 is 0 Å². The molecule has 4 nitrogen and oxygen atoms in total. The molecule has 76 valence electrons. The molecule has 0 amide bonds. The van der Waals surface area contributed by atoms with E-state index < -0.39 is 0 Å². The Morgan fingerprint density at radius 3 is 2.79 bits per heavy atom. The maximum absolute atomic E-state index is 4.41. The van der Waals surface area contributed by atoms with Gasteiger partial charge >= 0.3 is 0 Å². The predicted molar refractivity (Wildman–Crippen MR) is 56.1 cm³/mol. The number of hydrogen-bond donors (Lipinski definition) is 1. The van der Waals surface area contributed by atoms with Gasteiger partial charge in [-0.3, -0.25) is 5.01 Å². The van der Waals surface area contributed by atoms with Crippen LogP contribution in [0.5, 0.6) is 0 Å². The van der Waals surface area contributed by atoms with Gasteiger partial charge in [0.1, 0.15) is 11.6 Å². The molecular formula is C10H16N4. The third kappa shape index (κ3) is 2.01. The molecule has 1 aliphatic rings. The normalized spacial score (nSPS) is 17.1. The van der Waals surface area contributed by atoms with Crippen molar-refractivity contribution < 1.29 is 0 Å². The van der Waals surface area contributed by atoms with Crippen LogP contribution in [0.25, 0.3) is 0 Å². The average molecular weight is 192 g/mol. The summed E-state index contributed by atoms with van der Waals surface area (Å²) < 4.78 is 0. The predicted octanol–water partition coefficient (Wildman–Crippen LogP) is 1.20. The van der Waals surface area contributed by atoms with Crippen LogP contribution in [0.3, 0.4) is 0 Å². The summed E-state index contributed by atoms with van der Waals surface area (Å²) in [6.45, 7) is 6.01. The van der Waals surface area contributed by atoms with E-state index in [-0.39, 0.29) is 0 Å².